The number of halogens is 1. The van der Waals surface area contributed by atoms with Gasteiger partial charge in [-0.25, -0.2) is 0 Å². The summed E-state index contributed by atoms with van der Waals surface area (Å²) >= 11 is 6.33. The van der Waals surface area contributed by atoms with E-state index in [1.54, 1.807) is 0 Å². The van der Waals surface area contributed by atoms with E-state index >= 15 is 0 Å². The predicted molar refractivity (Wildman–Crippen MR) is 51.4 cm³/mol. The molecular weight excluding hydrogens is 239 g/mol. The van der Waals surface area contributed by atoms with Crippen LogP contribution < -0.4 is 4.46 Å². The summed E-state index contributed by atoms with van der Waals surface area (Å²) in [4.78, 5) is 0. The first-order valence-electron chi connectivity index (χ1n) is 3.84. The van der Waals surface area contributed by atoms with Gasteiger partial charge in [-0.05, 0) is 0 Å². The average molecular weight is 248 g/mol. The Hall–Kier alpha value is -0.0105. The zero-order valence-corrected chi connectivity index (χ0v) is 8.96. The van der Waals surface area contributed by atoms with Crippen LogP contribution in [0.4, 0.5) is 0 Å². The average Bonchev–Trinajstić information content (AvgIpc) is 2.87. The first kappa shape index (κ1) is 8.58. The van der Waals surface area contributed by atoms with E-state index in [4.69, 9.17) is 16.3 Å². The standard InChI is InChI=1S/C9H9ClOSe/c10-7-1-3-9(4-2-7)12-6-8-5-11-8/h1-4,8H,5-6H2. The summed E-state index contributed by atoms with van der Waals surface area (Å²) in [7, 11) is 0. The van der Waals surface area contributed by atoms with Gasteiger partial charge in [-0.3, -0.25) is 0 Å². The van der Waals surface area contributed by atoms with Crippen LogP contribution in [0.3, 0.4) is 0 Å². The zero-order chi connectivity index (χ0) is 8.39. The van der Waals surface area contributed by atoms with Crippen molar-refractivity contribution in [2.24, 2.45) is 0 Å². The van der Waals surface area contributed by atoms with Crippen molar-refractivity contribution in [2.45, 2.75) is 11.4 Å². The Balaban J connectivity index is 1.89. The molecule has 1 aliphatic heterocycles. The van der Waals surface area contributed by atoms with Gasteiger partial charge in [0.15, 0.2) is 0 Å². The number of hydrogen-bond donors (Lipinski definition) is 0. The van der Waals surface area contributed by atoms with Gasteiger partial charge in [0.2, 0.25) is 0 Å². The van der Waals surface area contributed by atoms with Crippen molar-refractivity contribution >= 4 is 31.0 Å². The molecule has 0 amide bonds. The first-order valence-corrected chi connectivity index (χ1v) is 6.29. The Morgan fingerprint density at radius 2 is 2.08 bits per heavy atom. The van der Waals surface area contributed by atoms with Gasteiger partial charge >= 0.3 is 83.1 Å². The van der Waals surface area contributed by atoms with E-state index in [9.17, 15) is 0 Å². The SMILES string of the molecule is Clc1ccc([Se]CC2CO2)cc1. The second-order valence-electron chi connectivity index (χ2n) is 2.72. The number of benzene rings is 1. The Bertz CT molecular complexity index is 256. The zero-order valence-electron chi connectivity index (χ0n) is 6.50. The Kier molecular flexibility index (Phi) is 2.72. The van der Waals surface area contributed by atoms with E-state index in [-0.39, 0.29) is 0 Å². The van der Waals surface area contributed by atoms with Crippen molar-refractivity contribution in [3.05, 3.63) is 29.3 Å². The molecular formula is C9H9ClOSe. The van der Waals surface area contributed by atoms with Crippen molar-refractivity contribution in [3.63, 3.8) is 0 Å². The third-order valence-electron chi connectivity index (χ3n) is 1.65. The van der Waals surface area contributed by atoms with E-state index < -0.39 is 0 Å². The molecule has 1 fully saturated rings. The summed E-state index contributed by atoms with van der Waals surface area (Å²) < 4.78 is 6.55. The van der Waals surface area contributed by atoms with Crippen LogP contribution in [0.25, 0.3) is 0 Å². The van der Waals surface area contributed by atoms with Crippen molar-refractivity contribution in [1.29, 1.82) is 0 Å². The third-order valence-corrected chi connectivity index (χ3v) is 4.30. The van der Waals surface area contributed by atoms with E-state index in [1.807, 2.05) is 12.1 Å². The molecule has 1 nitrogen and oxygen atoms in total. The molecule has 3 heteroatoms. The summed E-state index contributed by atoms with van der Waals surface area (Å²) in [6.07, 6.45) is 0.556. The quantitative estimate of drug-likeness (QED) is 0.582. The molecule has 2 rings (SSSR count). The van der Waals surface area contributed by atoms with Gasteiger partial charge in [-0.15, -0.1) is 0 Å². The molecule has 0 aromatic heterocycles. The summed E-state index contributed by atoms with van der Waals surface area (Å²) in [6, 6.07) is 8.11. The molecule has 0 N–H and O–H groups in total. The van der Waals surface area contributed by atoms with Gasteiger partial charge in [0, 0.05) is 0 Å². The fourth-order valence-corrected chi connectivity index (χ4v) is 2.90. The summed E-state index contributed by atoms with van der Waals surface area (Å²) in [5.41, 5.74) is 0. The second kappa shape index (κ2) is 3.80. The van der Waals surface area contributed by atoms with Crippen molar-refractivity contribution in [3.8, 4) is 0 Å². The molecule has 0 radical (unpaired) electrons. The summed E-state index contributed by atoms with van der Waals surface area (Å²) in [6.45, 7) is 0.968. The van der Waals surface area contributed by atoms with Gasteiger partial charge in [-0.1, -0.05) is 0 Å². The Morgan fingerprint density at radius 3 is 2.67 bits per heavy atom. The van der Waals surface area contributed by atoms with Crippen LogP contribution in [-0.4, -0.2) is 27.7 Å². The third kappa shape index (κ3) is 2.49. The first-order chi connectivity index (χ1) is 5.84. The maximum atomic E-state index is 5.77. The van der Waals surface area contributed by atoms with E-state index in [1.165, 1.54) is 9.78 Å². The van der Waals surface area contributed by atoms with Crippen molar-refractivity contribution in [1.82, 2.24) is 0 Å². The van der Waals surface area contributed by atoms with Gasteiger partial charge in [0.05, 0.1) is 0 Å². The molecule has 12 heavy (non-hydrogen) atoms. The molecule has 1 atom stereocenters. The van der Waals surface area contributed by atoms with Crippen molar-refractivity contribution < 1.29 is 4.74 Å². The topological polar surface area (TPSA) is 12.5 Å². The van der Waals surface area contributed by atoms with Crippen LogP contribution in [0, 0.1) is 0 Å². The minimum absolute atomic E-state index is 0.556. The van der Waals surface area contributed by atoms with Crippen LogP contribution in [0.5, 0.6) is 0 Å². The van der Waals surface area contributed by atoms with Gasteiger partial charge < -0.3 is 0 Å². The summed E-state index contributed by atoms with van der Waals surface area (Å²) in [5, 5.41) is 2.02. The molecule has 64 valence electrons. The van der Waals surface area contributed by atoms with Gasteiger partial charge in [0.25, 0.3) is 0 Å². The van der Waals surface area contributed by atoms with Crippen LogP contribution in [-0.2, 0) is 4.74 Å². The molecule has 0 bridgehead atoms. The fraction of sp³-hybridized carbons (Fsp3) is 0.333. The van der Waals surface area contributed by atoms with Crippen LogP contribution in [0.15, 0.2) is 24.3 Å². The van der Waals surface area contributed by atoms with Gasteiger partial charge in [0.1, 0.15) is 0 Å². The van der Waals surface area contributed by atoms with Crippen LogP contribution in [0.2, 0.25) is 10.3 Å². The molecule has 1 saturated heterocycles. The van der Waals surface area contributed by atoms with E-state index in [0.29, 0.717) is 21.1 Å². The molecule has 1 aliphatic rings. The normalized spacial score (nSPS) is 20.9. The predicted octanol–water partition coefficient (Wildman–Crippen LogP) is 1.49. The molecule has 0 aliphatic carbocycles. The van der Waals surface area contributed by atoms with Crippen LogP contribution in [0.1, 0.15) is 0 Å². The number of rotatable bonds is 3. The molecule has 0 spiro atoms. The molecule has 1 aromatic rings. The monoisotopic (exact) mass is 248 g/mol. The molecule has 1 unspecified atom stereocenters. The molecule has 1 heterocycles. The second-order valence-corrected chi connectivity index (χ2v) is 5.45. The molecule has 1 aromatic carbocycles. The maximum absolute atomic E-state index is 5.77. The van der Waals surface area contributed by atoms with Gasteiger partial charge in [-0.2, -0.15) is 0 Å². The number of ether oxygens (including phenoxy) is 1. The minimum atomic E-state index is 0.556. The van der Waals surface area contributed by atoms with Crippen molar-refractivity contribution in [2.75, 3.05) is 6.61 Å². The Morgan fingerprint density at radius 1 is 1.42 bits per heavy atom. The van der Waals surface area contributed by atoms with E-state index in [2.05, 4.69) is 12.1 Å². The van der Waals surface area contributed by atoms with Crippen LogP contribution >= 0.6 is 11.6 Å². The number of epoxide rings is 1. The molecule has 0 saturated carbocycles. The number of hydrogen-bond acceptors (Lipinski definition) is 1. The summed E-state index contributed by atoms with van der Waals surface area (Å²) in [5.74, 6) is 0. The fourth-order valence-electron chi connectivity index (χ4n) is 0.884. The Labute approximate surface area is 83.2 Å². The van der Waals surface area contributed by atoms with E-state index in [0.717, 1.165) is 11.6 Å².